The minimum absolute atomic E-state index is 0.0785. The van der Waals surface area contributed by atoms with Crippen LogP contribution in [0.1, 0.15) is 49.4 Å². The highest BCUT2D eigenvalue weighted by molar-refractivity contribution is 5.87. The molecule has 3 heterocycles. The lowest BCUT2D eigenvalue weighted by Crippen LogP contribution is -2.51. The van der Waals surface area contributed by atoms with Gasteiger partial charge >= 0.3 is 0 Å². The van der Waals surface area contributed by atoms with Gasteiger partial charge in [-0.2, -0.15) is 0 Å². The highest BCUT2D eigenvalue weighted by atomic mass is 19.1. The molecule has 164 valence electrons. The predicted molar refractivity (Wildman–Crippen MR) is 113 cm³/mol. The molecule has 0 bridgehead atoms. The summed E-state index contributed by atoms with van der Waals surface area (Å²) in [4.78, 5) is 35.3. The largest absolute Gasteiger partial charge is 0.342 e. The molecular formula is C24H29FN4O2. The first-order chi connectivity index (χ1) is 14.9. The van der Waals surface area contributed by atoms with Gasteiger partial charge in [0.05, 0.1) is 29.9 Å². The zero-order chi connectivity index (χ0) is 21.6. The topological polar surface area (TPSA) is 58.4 Å². The number of nitrogens with zero attached hydrogens (tertiary/aromatic N) is 4. The van der Waals surface area contributed by atoms with Crippen LogP contribution in [0.25, 0.3) is 0 Å². The third-order valence-corrected chi connectivity index (χ3v) is 7.06. The van der Waals surface area contributed by atoms with Crippen molar-refractivity contribution in [1.82, 2.24) is 19.4 Å². The molecule has 5 rings (SSSR count). The number of rotatable bonds is 5. The van der Waals surface area contributed by atoms with Crippen molar-refractivity contribution in [1.29, 1.82) is 0 Å². The Morgan fingerprint density at radius 1 is 1.32 bits per heavy atom. The van der Waals surface area contributed by atoms with E-state index in [-0.39, 0.29) is 30.1 Å². The highest BCUT2D eigenvalue weighted by Crippen LogP contribution is 2.49. The molecule has 3 fully saturated rings. The van der Waals surface area contributed by atoms with Crippen LogP contribution in [-0.4, -0.2) is 50.8 Å². The van der Waals surface area contributed by atoms with Gasteiger partial charge in [-0.05, 0) is 55.7 Å². The van der Waals surface area contributed by atoms with E-state index in [9.17, 15) is 14.0 Å². The summed E-state index contributed by atoms with van der Waals surface area (Å²) in [5, 5.41) is 0. The minimum atomic E-state index is -0.535. The van der Waals surface area contributed by atoms with Crippen molar-refractivity contribution >= 4 is 11.8 Å². The first kappa shape index (κ1) is 20.2. The molecule has 1 aromatic heterocycles. The maximum atomic E-state index is 13.6. The van der Waals surface area contributed by atoms with E-state index in [0.29, 0.717) is 24.4 Å². The molecule has 1 aromatic carbocycles. The van der Waals surface area contributed by atoms with Gasteiger partial charge in [0.1, 0.15) is 5.82 Å². The summed E-state index contributed by atoms with van der Waals surface area (Å²) in [6.45, 7) is 2.09. The highest BCUT2D eigenvalue weighted by Gasteiger charge is 2.54. The van der Waals surface area contributed by atoms with Crippen molar-refractivity contribution in [3.8, 4) is 0 Å². The van der Waals surface area contributed by atoms with E-state index < -0.39 is 5.41 Å². The molecule has 6 nitrogen and oxygen atoms in total. The Morgan fingerprint density at radius 2 is 2.16 bits per heavy atom. The van der Waals surface area contributed by atoms with Gasteiger partial charge in [-0.25, -0.2) is 9.37 Å². The number of aryl methyl sites for hydroxylation is 1. The van der Waals surface area contributed by atoms with Gasteiger partial charge in [0.15, 0.2) is 0 Å². The monoisotopic (exact) mass is 424 g/mol. The Labute approximate surface area is 182 Å². The molecule has 31 heavy (non-hydrogen) atoms. The lowest BCUT2D eigenvalue weighted by atomic mass is 9.76. The van der Waals surface area contributed by atoms with Gasteiger partial charge in [0.2, 0.25) is 11.8 Å². The lowest BCUT2D eigenvalue weighted by molar-refractivity contribution is -0.146. The molecule has 2 aromatic rings. The molecule has 2 amide bonds. The van der Waals surface area contributed by atoms with Crippen molar-refractivity contribution in [2.45, 2.75) is 44.6 Å². The van der Waals surface area contributed by atoms with Crippen LogP contribution in [0.5, 0.6) is 0 Å². The Balaban J connectivity index is 1.42. The number of amides is 2. The summed E-state index contributed by atoms with van der Waals surface area (Å²) >= 11 is 0. The van der Waals surface area contributed by atoms with Crippen LogP contribution in [0, 0.1) is 17.2 Å². The summed E-state index contributed by atoms with van der Waals surface area (Å²) in [7, 11) is 1.91. The van der Waals surface area contributed by atoms with E-state index in [0.717, 1.165) is 31.6 Å². The maximum absolute atomic E-state index is 13.6. The van der Waals surface area contributed by atoms with Crippen LogP contribution >= 0.6 is 0 Å². The molecular weight excluding hydrogens is 395 g/mol. The van der Waals surface area contributed by atoms with Gasteiger partial charge in [-0.1, -0.05) is 12.1 Å². The number of carbonyl (C=O) groups is 2. The fraction of sp³-hybridized carbons (Fsp3) is 0.542. The third kappa shape index (κ3) is 3.98. The summed E-state index contributed by atoms with van der Waals surface area (Å²) in [6.07, 6.45) is 8.60. The number of hydrogen-bond donors (Lipinski definition) is 0. The zero-order valence-corrected chi connectivity index (χ0v) is 18.0. The maximum Gasteiger partial charge on any atom is 0.230 e. The number of piperidine rings is 1. The Morgan fingerprint density at radius 3 is 2.87 bits per heavy atom. The van der Waals surface area contributed by atoms with Crippen molar-refractivity contribution in [2.75, 3.05) is 19.6 Å². The first-order valence-corrected chi connectivity index (χ1v) is 11.2. The zero-order valence-electron chi connectivity index (χ0n) is 18.0. The number of halogens is 1. The average molecular weight is 425 g/mol. The van der Waals surface area contributed by atoms with Gasteiger partial charge in [0, 0.05) is 32.9 Å². The Kier molecular flexibility index (Phi) is 5.07. The second kappa shape index (κ2) is 7.77. The predicted octanol–water partition coefficient (Wildman–Crippen LogP) is 3.09. The quantitative estimate of drug-likeness (QED) is 0.741. The van der Waals surface area contributed by atoms with E-state index in [1.54, 1.807) is 18.5 Å². The fourth-order valence-corrected chi connectivity index (χ4v) is 5.31. The van der Waals surface area contributed by atoms with Crippen LogP contribution in [0.15, 0.2) is 36.8 Å². The number of hydrogen-bond acceptors (Lipinski definition) is 3. The molecule has 7 heteroatoms. The molecule has 0 N–H and O–H groups in total. The summed E-state index contributed by atoms with van der Waals surface area (Å²) in [6, 6.07) is 5.95. The van der Waals surface area contributed by atoms with Crippen LogP contribution in [0.4, 0.5) is 4.39 Å². The first-order valence-electron chi connectivity index (χ1n) is 11.2. The van der Waals surface area contributed by atoms with Crippen molar-refractivity contribution in [3.63, 3.8) is 0 Å². The number of imidazole rings is 1. The lowest BCUT2D eigenvalue weighted by Gasteiger charge is -2.39. The van der Waals surface area contributed by atoms with E-state index in [4.69, 9.17) is 0 Å². The van der Waals surface area contributed by atoms with Crippen molar-refractivity contribution < 1.29 is 14.0 Å². The van der Waals surface area contributed by atoms with Crippen LogP contribution in [0.3, 0.4) is 0 Å². The Bertz CT molecular complexity index is 1000. The number of aromatic nitrogens is 2. The summed E-state index contributed by atoms with van der Waals surface area (Å²) in [5.74, 6) is 0.429. The molecule has 2 aliphatic heterocycles. The number of benzene rings is 1. The molecule has 2 atom stereocenters. The van der Waals surface area contributed by atoms with E-state index in [1.165, 1.54) is 25.0 Å². The normalized spacial score (nSPS) is 26.1. The van der Waals surface area contributed by atoms with Gasteiger partial charge in [-0.3, -0.25) is 9.59 Å². The van der Waals surface area contributed by atoms with Gasteiger partial charge in [0.25, 0.3) is 0 Å². The number of carbonyl (C=O) groups excluding carboxylic acids is 2. The molecule has 1 saturated carbocycles. The van der Waals surface area contributed by atoms with Crippen molar-refractivity contribution in [2.24, 2.45) is 18.4 Å². The van der Waals surface area contributed by atoms with Crippen LogP contribution in [-0.2, 0) is 23.1 Å². The van der Waals surface area contributed by atoms with E-state index >= 15 is 0 Å². The number of likely N-dealkylation sites (tertiary alicyclic amines) is 2. The van der Waals surface area contributed by atoms with E-state index in [2.05, 4.69) is 4.98 Å². The smallest absolute Gasteiger partial charge is 0.230 e. The molecule has 0 unspecified atom stereocenters. The fourth-order valence-electron chi connectivity index (χ4n) is 5.31. The minimum Gasteiger partial charge on any atom is -0.342 e. The van der Waals surface area contributed by atoms with Crippen LogP contribution in [0.2, 0.25) is 0 Å². The Hall–Kier alpha value is -2.70. The molecule has 2 saturated heterocycles. The SMILES string of the molecule is Cn1cnc([C@H]2C[C@@]3(CCCN(CC4CC4)C3=O)CN2C(=O)Cc2cccc(F)c2)c1. The summed E-state index contributed by atoms with van der Waals surface area (Å²) < 4.78 is 15.5. The van der Waals surface area contributed by atoms with Crippen LogP contribution < -0.4 is 0 Å². The molecule has 1 aliphatic carbocycles. The van der Waals surface area contributed by atoms with Crippen molar-refractivity contribution in [3.05, 3.63) is 53.9 Å². The third-order valence-electron chi connectivity index (χ3n) is 7.06. The van der Waals surface area contributed by atoms with Gasteiger partial charge in [-0.15, -0.1) is 0 Å². The second-order valence-corrected chi connectivity index (χ2v) is 9.59. The van der Waals surface area contributed by atoms with E-state index in [1.807, 2.05) is 27.6 Å². The molecule has 1 spiro atoms. The summed E-state index contributed by atoms with van der Waals surface area (Å²) in [5.41, 5.74) is 0.933. The average Bonchev–Trinajstić information content (AvgIpc) is 3.31. The van der Waals surface area contributed by atoms with Gasteiger partial charge < -0.3 is 14.4 Å². The molecule has 3 aliphatic rings. The standard InChI is InChI=1S/C24H29FN4O2/c1-27-14-20(26-16-27)21-12-24(8-3-9-28(23(24)31)13-17-6-7-17)15-29(21)22(30)11-18-4-2-5-19(25)10-18/h2,4-5,10,14,16-17,21H,3,6-9,11-13,15H2,1H3/t21-,24+/m1/s1. The molecule has 0 radical (unpaired) electrons. The second-order valence-electron chi connectivity index (χ2n) is 9.59.